The van der Waals surface area contributed by atoms with Gasteiger partial charge in [-0.1, -0.05) is 30.3 Å². The number of hydrogen-bond donors (Lipinski definition) is 5. The van der Waals surface area contributed by atoms with Crippen LogP contribution in [0.5, 0.6) is 0 Å². The smallest absolute Gasteiger partial charge is 0.254 e. The SMILES string of the molecule is C[C@H](NC(=O)C(O)c1cc(F)cc(F)c1)C(=O)NC(C(=O)NCCN(C)CCN)c1ccccc1. The molecule has 11 heteroatoms. The average molecular weight is 492 g/mol. The van der Waals surface area contributed by atoms with Gasteiger partial charge >= 0.3 is 0 Å². The van der Waals surface area contributed by atoms with Gasteiger partial charge in [-0.2, -0.15) is 0 Å². The Hall–Kier alpha value is -3.41. The second kappa shape index (κ2) is 13.5. The van der Waals surface area contributed by atoms with E-state index in [9.17, 15) is 28.3 Å². The van der Waals surface area contributed by atoms with Gasteiger partial charge in [0.15, 0.2) is 6.10 Å². The molecular formula is C24H31F2N5O4. The molecule has 3 amide bonds. The van der Waals surface area contributed by atoms with Gasteiger partial charge in [-0.05, 0) is 37.2 Å². The Morgan fingerprint density at radius 2 is 1.57 bits per heavy atom. The molecule has 2 unspecified atom stereocenters. The first-order chi connectivity index (χ1) is 16.6. The molecule has 35 heavy (non-hydrogen) atoms. The lowest BCUT2D eigenvalue weighted by Crippen LogP contribution is -2.50. The number of aliphatic hydroxyl groups is 1. The lowest BCUT2D eigenvalue weighted by atomic mass is 10.1. The molecule has 3 atom stereocenters. The largest absolute Gasteiger partial charge is 0.378 e. The Bertz CT molecular complexity index is 988. The van der Waals surface area contributed by atoms with Crippen LogP contribution in [0.25, 0.3) is 0 Å². The summed E-state index contributed by atoms with van der Waals surface area (Å²) in [5, 5.41) is 17.8. The summed E-state index contributed by atoms with van der Waals surface area (Å²) >= 11 is 0. The molecule has 6 N–H and O–H groups in total. The number of hydrogen-bond acceptors (Lipinski definition) is 6. The van der Waals surface area contributed by atoms with Crippen LogP contribution in [0.1, 0.15) is 30.2 Å². The maximum Gasteiger partial charge on any atom is 0.254 e. The summed E-state index contributed by atoms with van der Waals surface area (Å²) in [5.74, 6) is -4.08. The number of rotatable bonds is 12. The fourth-order valence-electron chi connectivity index (χ4n) is 3.26. The van der Waals surface area contributed by atoms with E-state index >= 15 is 0 Å². The topological polar surface area (TPSA) is 137 Å². The minimum Gasteiger partial charge on any atom is -0.378 e. The molecule has 0 aliphatic rings. The number of carbonyl (C=O) groups excluding carboxylic acids is 3. The van der Waals surface area contributed by atoms with Gasteiger partial charge in [-0.3, -0.25) is 14.4 Å². The fraction of sp³-hybridized carbons (Fsp3) is 0.375. The summed E-state index contributed by atoms with van der Waals surface area (Å²) < 4.78 is 26.8. The summed E-state index contributed by atoms with van der Waals surface area (Å²) in [7, 11) is 1.87. The Kier molecular flexibility index (Phi) is 10.7. The Morgan fingerprint density at radius 3 is 2.17 bits per heavy atom. The Morgan fingerprint density at radius 1 is 0.943 bits per heavy atom. The van der Waals surface area contributed by atoms with Crippen molar-refractivity contribution in [2.24, 2.45) is 5.73 Å². The standard InChI is InChI=1S/C24H31F2N5O4/c1-15(29-24(35)21(32)17-12-18(25)14-19(26)13-17)22(33)30-20(16-6-4-3-5-7-16)23(34)28-9-11-31(2)10-8-27/h3-7,12-15,20-21,32H,8-11,27H2,1-2H3,(H,28,34)(H,29,35)(H,30,33)/t15-,20?,21?/m0/s1. The highest BCUT2D eigenvalue weighted by Gasteiger charge is 2.27. The van der Waals surface area contributed by atoms with Crippen molar-refractivity contribution in [3.63, 3.8) is 0 Å². The van der Waals surface area contributed by atoms with Gasteiger partial charge in [-0.25, -0.2) is 8.78 Å². The molecule has 0 radical (unpaired) electrons. The lowest BCUT2D eigenvalue weighted by Gasteiger charge is -2.23. The van der Waals surface area contributed by atoms with Crippen molar-refractivity contribution < 1.29 is 28.3 Å². The Labute approximate surface area is 202 Å². The number of nitrogens with one attached hydrogen (secondary N) is 3. The van der Waals surface area contributed by atoms with Crippen molar-refractivity contribution in [2.75, 3.05) is 33.2 Å². The molecule has 2 aromatic carbocycles. The first-order valence-electron chi connectivity index (χ1n) is 11.1. The number of amides is 3. The third-order valence-electron chi connectivity index (χ3n) is 5.19. The minimum absolute atomic E-state index is 0.297. The maximum atomic E-state index is 13.4. The molecule has 2 aromatic rings. The summed E-state index contributed by atoms with van der Waals surface area (Å²) in [4.78, 5) is 39.9. The summed E-state index contributed by atoms with van der Waals surface area (Å²) in [5.41, 5.74) is 5.74. The number of aliphatic hydroxyl groups excluding tert-OH is 1. The van der Waals surface area contributed by atoms with Gasteiger partial charge in [-0.15, -0.1) is 0 Å². The number of likely N-dealkylation sites (N-methyl/N-ethyl adjacent to an activating group) is 1. The van der Waals surface area contributed by atoms with Gasteiger partial charge in [0.2, 0.25) is 11.8 Å². The third kappa shape index (κ3) is 8.71. The highest BCUT2D eigenvalue weighted by molar-refractivity contribution is 5.93. The van der Waals surface area contributed by atoms with Gasteiger partial charge in [0.1, 0.15) is 23.7 Å². The molecule has 0 heterocycles. The van der Waals surface area contributed by atoms with Crippen molar-refractivity contribution in [1.82, 2.24) is 20.9 Å². The van der Waals surface area contributed by atoms with Crippen LogP contribution in [-0.2, 0) is 14.4 Å². The number of nitrogens with zero attached hydrogens (tertiary/aromatic N) is 1. The van der Waals surface area contributed by atoms with Crippen LogP contribution in [-0.4, -0.2) is 67.0 Å². The van der Waals surface area contributed by atoms with E-state index in [0.29, 0.717) is 37.8 Å². The van der Waals surface area contributed by atoms with Crippen LogP contribution < -0.4 is 21.7 Å². The molecule has 0 bridgehead atoms. The van der Waals surface area contributed by atoms with Crippen LogP contribution in [0.2, 0.25) is 0 Å². The van der Waals surface area contributed by atoms with Crippen molar-refractivity contribution >= 4 is 17.7 Å². The molecule has 2 rings (SSSR count). The zero-order chi connectivity index (χ0) is 26.0. The molecule has 0 aromatic heterocycles. The quantitative estimate of drug-likeness (QED) is 0.291. The molecular weight excluding hydrogens is 460 g/mol. The third-order valence-corrected chi connectivity index (χ3v) is 5.19. The zero-order valence-electron chi connectivity index (χ0n) is 19.6. The van der Waals surface area contributed by atoms with Crippen molar-refractivity contribution in [3.8, 4) is 0 Å². The van der Waals surface area contributed by atoms with Crippen molar-refractivity contribution in [2.45, 2.75) is 25.1 Å². The molecule has 0 aliphatic heterocycles. The van der Waals surface area contributed by atoms with Crippen LogP contribution in [0.15, 0.2) is 48.5 Å². The van der Waals surface area contributed by atoms with Crippen LogP contribution in [0.3, 0.4) is 0 Å². The first-order valence-corrected chi connectivity index (χ1v) is 11.1. The molecule has 0 spiro atoms. The molecule has 0 aliphatic carbocycles. The van der Waals surface area contributed by atoms with E-state index in [-0.39, 0.29) is 5.56 Å². The van der Waals surface area contributed by atoms with Crippen molar-refractivity contribution in [1.29, 1.82) is 0 Å². The fourth-order valence-corrected chi connectivity index (χ4v) is 3.26. The number of benzene rings is 2. The van der Waals surface area contributed by atoms with Gasteiger partial charge in [0, 0.05) is 32.2 Å². The number of carbonyl (C=O) groups is 3. The molecule has 190 valence electrons. The van der Waals surface area contributed by atoms with Gasteiger partial charge in [0.05, 0.1) is 0 Å². The van der Waals surface area contributed by atoms with E-state index in [2.05, 4.69) is 16.0 Å². The zero-order valence-corrected chi connectivity index (χ0v) is 19.6. The predicted octanol–water partition coefficient (Wildman–Crippen LogP) is 0.367. The Balaban J connectivity index is 2.03. The second-order valence-corrected chi connectivity index (χ2v) is 8.07. The highest BCUT2D eigenvalue weighted by atomic mass is 19.1. The maximum absolute atomic E-state index is 13.4. The molecule has 0 saturated heterocycles. The molecule has 0 saturated carbocycles. The molecule has 9 nitrogen and oxygen atoms in total. The monoisotopic (exact) mass is 491 g/mol. The predicted molar refractivity (Wildman–Crippen MR) is 126 cm³/mol. The van der Waals surface area contributed by atoms with E-state index in [1.165, 1.54) is 6.92 Å². The summed E-state index contributed by atoms with van der Waals surface area (Å²) in [6.45, 7) is 3.40. The first kappa shape index (κ1) is 27.8. The average Bonchev–Trinajstić information content (AvgIpc) is 2.81. The number of halogens is 2. The molecule has 0 fully saturated rings. The van der Waals surface area contributed by atoms with Crippen LogP contribution >= 0.6 is 0 Å². The second-order valence-electron chi connectivity index (χ2n) is 8.07. The van der Waals surface area contributed by atoms with E-state index in [1.54, 1.807) is 30.3 Å². The lowest BCUT2D eigenvalue weighted by molar-refractivity contribution is -0.135. The normalized spacial score (nSPS) is 13.6. The van der Waals surface area contributed by atoms with Crippen molar-refractivity contribution in [3.05, 3.63) is 71.3 Å². The highest BCUT2D eigenvalue weighted by Crippen LogP contribution is 2.17. The van der Waals surface area contributed by atoms with E-state index < -0.39 is 47.5 Å². The van der Waals surface area contributed by atoms with E-state index in [4.69, 9.17) is 5.73 Å². The van der Waals surface area contributed by atoms with Gasteiger partial charge in [0.25, 0.3) is 5.91 Å². The summed E-state index contributed by atoms with van der Waals surface area (Å²) in [6, 6.07) is 8.60. The van der Waals surface area contributed by atoms with Crippen LogP contribution in [0.4, 0.5) is 8.78 Å². The summed E-state index contributed by atoms with van der Waals surface area (Å²) in [6.07, 6.45) is -1.89. The van der Waals surface area contributed by atoms with E-state index in [1.807, 2.05) is 11.9 Å². The minimum atomic E-state index is -1.89. The van der Waals surface area contributed by atoms with Crippen LogP contribution in [0, 0.1) is 11.6 Å². The van der Waals surface area contributed by atoms with E-state index in [0.717, 1.165) is 12.1 Å². The number of nitrogens with two attached hydrogens (primary N) is 1. The van der Waals surface area contributed by atoms with Gasteiger partial charge < -0.3 is 31.7 Å².